The van der Waals surface area contributed by atoms with Crippen molar-refractivity contribution in [3.63, 3.8) is 0 Å². The van der Waals surface area contributed by atoms with Gasteiger partial charge in [0.15, 0.2) is 0 Å². The molecule has 0 saturated carbocycles. The highest BCUT2D eigenvalue weighted by Crippen LogP contribution is 2.40. The average Bonchev–Trinajstić information content (AvgIpc) is 3.51. The second kappa shape index (κ2) is 9.41. The van der Waals surface area contributed by atoms with E-state index in [0.29, 0.717) is 17.6 Å². The monoisotopic (exact) mass is 450 g/mol. The van der Waals surface area contributed by atoms with E-state index in [4.69, 9.17) is 4.74 Å². The number of aromatic nitrogens is 1. The molecule has 4 heterocycles. The van der Waals surface area contributed by atoms with Crippen LogP contribution in [0.2, 0.25) is 0 Å². The van der Waals surface area contributed by atoms with E-state index < -0.39 is 0 Å². The van der Waals surface area contributed by atoms with E-state index in [9.17, 15) is 4.79 Å². The Bertz CT molecular complexity index is 983. The number of rotatable bonds is 5. The maximum atomic E-state index is 12.9. The van der Waals surface area contributed by atoms with E-state index in [1.807, 2.05) is 12.1 Å². The van der Waals surface area contributed by atoms with Gasteiger partial charge in [0, 0.05) is 69.5 Å². The van der Waals surface area contributed by atoms with Crippen molar-refractivity contribution in [2.24, 2.45) is 0 Å². The van der Waals surface area contributed by atoms with Gasteiger partial charge in [-0.2, -0.15) is 0 Å². The van der Waals surface area contributed by atoms with E-state index in [2.05, 4.69) is 52.6 Å². The van der Waals surface area contributed by atoms with E-state index in [1.165, 1.54) is 31.5 Å². The standard InChI is InChI=1S/C26H35N5O2/c1-19-16-22(31(13-3-4-20(31)2)23-9-10-27-18-23)6-7-24(19)29-26(32)21-5-8-25(28-17-21)30-11-14-33-15-12-30/h5-8,16-17,20,23,27H,3-4,9-15,18H2,1-2H3/p+1. The van der Waals surface area contributed by atoms with Crippen LogP contribution in [0.4, 0.5) is 17.2 Å². The SMILES string of the molecule is Cc1cc([N+]2(C3CCNC3)CCCC2C)ccc1NC(=O)c1ccc(N2CCOCC2)nc1. The first-order valence-electron chi connectivity index (χ1n) is 12.4. The molecule has 0 spiro atoms. The number of likely N-dealkylation sites (tertiary alicyclic amines) is 1. The van der Waals surface area contributed by atoms with Crippen LogP contribution in [0.3, 0.4) is 0 Å². The highest BCUT2D eigenvalue weighted by atomic mass is 16.5. The van der Waals surface area contributed by atoms with Gasteiger partial charge in [-0.25, -0.2) is 4.98 Å². The molecular weight excluding hydrogens is 414 g/mol. The first-order valence-corrected chi connectivity index (χ1v) is 12.4. The van der Waals surface area contributed by atoms with Crippen molar-refractivity contribution < 1.29 is 9.53 Å². The summed E-state index contributed by atoms with van der Waals surface area (Å²) in [5.41, 5.74) is 3.95. The maximum Gasteiger partial charge on any atom is 0.257 e. The predicted molar refractivity (Wildman–Crippen MR) is 133 cm³/mol. The molecule has 0 radical (unpaired) electrons. The molecule has 7 heteroatoms. The Balaban J connectivity index is 1.32. The highest BCUT2D eigenvalue weighted by Gasteiger charge is 2.48. The van der Waals surface area contributed by atoms with Gasteiger partial charge in [0.25, 0.3) is 5.91 Å². The molecule has 176 valence electrons. The molecule has 3 aliphatic rings. The number of nitrogens with one attached hydrogen (secondary N) is 2. The zero-order valence-corrected chi connectivity index (χ0v) is 19.8. The Hall–Kier alpha value is -2.48. The van der Waals surface area contributed by atoms with Crippen molar-refractivity contribution in [1.29, 1.82) is 0 Å². The smallest absolute Gasteiger partial charge is 0.257 e. The van der Waals surface area contributed by atoms with Crippen LogP contribution >= 0.6 is 0 Å². The maximum absolute atomic E-state index is 12.9. The quantitative estimate of drug-likeness (QED) is 0.684. The van der Waals surface area contributed by atoms with Gasteiger partial charge in [-0.05, 0) is 37.6 Å². The first kappa shape index (κ1) is 22.3. The molecule has 5 rings (SSSR count). The number of carbonyl (C=O) groups is 1. The summed E-state index contributed by atoms with van der Waals surface area (Å²) in [6, 6.07) is 11.7. The number of benzene rings is 1. The van der Waals surface area contributed by atoms with E-state index >= 15 is 0 Å². The van der Waals surface area contributed by atoms with Crippen LogP contribution in [0.5, 0.6) is 0 Å². The van der Waals surface area contributed by atoms with Gasteiger partial charge in [0.05, 0.1) is 31.4 Å². The van der Waals surface area contributed by atoms with Crippen LogP contribution in [-0.4, -0.2) is 68.9 Å². The summed E-state index contributed by atoms with van der Waals surface area (Å²) in [5, 5.41) is 6.68. The fourth-order valence-corrected chi connectivity index (χ4v) is 6.01. The number of aryl methyl sites for hydroxylation is 1. The fourth-order valence-electron chi connectivity index (χ4n) is 6.01. The topological polar surface area (TPSA) is 66.5 Å². The zero-order valence-electron chi connectivity index (χ0n) is 19.8. The molecule has 33 heavy (non-hydrogen) atoms. The summed E-state index contributed by atoms with van der Waals surface area (Å²) in [7, 11) is 0. The lowest BCUT2D eigenvalue weighted by Gasteiger charge is -2.43. The third-order valence-electron chi connectivity index (χ3n) is 7.91. The summed E-state index contributed by atoms with van der Waals surface area (Å²) in [5.74, 6) is 0.774. The van der Waals surface area contributed by atoms with Crippen LogP contribution in [0.1, 0.15) is 42.1 Å². The normalized spacial score (nSPS) is 27.6. The molecule has 1 amide bonds. The van der Waals surface area contributed by atoms with E-state index in [1.54, 1.807) is 6.20 Å². The minimum Gasteiger partial charge on any atom is -0.378 e. The van der Waals surface area contributed by atoms with Crippen LogP contribution in [0, 0.1) is 6.92 Å². The lowest BCUT2D eigenvalue weighted by atomic mass is 10.0. The minimum atomic E-state index is -0.120. The van der Waals surface area contributed by atoms with Gasteiger partial charge in [-0.15, -0.1) is 0 Å². The van der Waals surface area contributed by atoms with Gasteiger partial charge < -0.3 is 20.3 Å². The molecule has 1 aromatic heterocycles. The predicted octanol–water partition coefficient (Wildman–Crippen LogP) is 3.33. The molecule has 3 atom stereocenters. The average molecular weight is 451 g/mol. The fraction of sp³-hybridized carbons (Fsp3) is 0.538. The molecular formula is C26H36N5O2+. The van der Waals surface area contributed by atoms with Crippen molar-refractivity contribution >= 4 is 23.1 Å². The third-order valence-corrected chi connectivity index (χ3v) is 7.91. The van der Waals surface area contributed by atoms with Crippen LogP contribution in [0.25, 0.3) is 0 Å². The number of morpholine rings is 1. The number of ether oxygens (including phenoxy) is 1. The molecule has 2 N–H and O–H groups in total. The van der Waals surface area contributed by atoms with Gasteiger partial charge in [0.1, 0.15) is 17.5 Å². The first-order chi connectivity index (χ1) is 16.1. The zero-order chi connectivity index (χ0) is 22.8. The molecule has 0 bridgehead atoms. The number of carbonyl (C=O) groups excluding carboxylic acids is 1. The Morgan fingerprint density at radius 2 is 2.06 bits per heavy atom. The number of hydrogen-bond acceptors (Lipinski definition) is 5. The van der Waals surface area contributed by atoms with E-state index in [0.717, 1.165) is 60.9 Å². The number of hydrogen-bond donors (Lipinski definition) is 2. The summed E-state index contributed by atoms with van der Waals surface area (Å²) < 4.78 is 6.48. The van der Waals surface area contributed by atoms with E-state index in [-0.39, 0.29) is 5.91 Å². The Kier molecular flexibility index (Phi) is 6.36. The molecule has 7 nitrogen and oxygen atoms in total. The molecule has 3 unspecified atom stereocenters. The van der Waals surface area contributed by atoms with Crippen LogP contribution in [-0.2, 0) is 4.74 Å². The van der Waals surface area contributed by atoms with Crippen LogP contribution < -0.4 is 20.0 Å². The Labute approximate surface area is 196 Å². The van der Waals surface area contributed by atoms with Crippen molar-refractivity contribution in [1.82, 2.24) is 14.8 Å². The number of pyridine rings is 1. The van der Waals surface area contributed by atoms with Crippen molar-refractivity contribution in [3.8, 4) is 0 Å². The molecule has 2 aromatic rings. The Morgan fingerprint density at radius 1 is 1.21 bits per heavy atom. The number of amides is 1. The summed E-state index contributed by atoms with van der Waals surface area (Å²) in [6.07, 6.45) is 5.46. The van der Waals surface area contributed by atoms with Crippen molar-refractivity contribution in [2.75, 3.05) is 56.2 Å². The van der Waals surface area contributed by atoms with Gasteiger partial charge in [-0.1, -0.05) is 0 Å². The summed E-state index contributed by atoms with van der Waals surface area (Å²) >= 11 is 0. The molecule has 1 aromatic carbocycles. The highest BCUT2D eigenvalue weighted by molar-refractivity contribution is 6.04. The van der Waals surface area contributed by atoms with Gasteiger partial charge in [-0.3, -0.25) is 9.28 Å². The molecule has 3 saturated heterocycles. The number of nitrogens with zero attached hydrogens (tertiary/aromatic N) is 3. The molecule has 0 aliphatic carbocycles. The molecule has 3 aliphatic heterocycles. The second-order valence-corrected chi connectivity index (χ2v) is 9.75. The molecule has 3 fully saturated rings. The van der Waals surface area contributed by atoms with Gasteiger partial charge in [0.2, 0.25) is 0 Å². The second-order valence-electron chi connectivity index (χ2n) is 9.75. The lowest BCUT2D eigenvalue weighted by Crippen LogP contribution is -2.59. The third kappa shape index (κ3) is 4.25. The lowest BCUT2D eigenvalue weighted by molar-refractivity contribution is 0.102. The minimum absolute atomic E-state index is 0.120. The Morgan fingerprint density at radius 3 is 2.70 bits per heavy atom. The summed E-state index contributed by atoms with van der Waals surface area (Å²) in [4.78, 5) is 19.6. The van der Waals surface area contributed by atoms with Crippen LogP contribution in [0.15, 0.2) is 36.5 Å². The summed E-state index contributed by atoms with van der Waals surface area (Å²) in [6.45, 7) is 11.0. The van der Waals surface area contributed by atoms with Crippen molar-refractivity contribution in [3.05, 3.63) is 47.7 Å². The van der Waals surface area contributed by atoms with Crippen molar-refractivity contribution in [2.45, 2.75) is 45.2 Å². The van der Waals surface area contributed by atoms with Gasteiger partial charge >= 0.3 is 0 Å². The number of anilines is 2. The largest absolute Gasteiger partial charge is 0.378 e. The number of quaternary nitrogens is 1.